The lowest BCUT2D eigenvalue weighted by atomic mass is 9.62. The summed E-state index contributed by atoms with van der Waals surface area (Å²) in [4.78, 5) is 47.0. The number of ether oxygens (including phenoxy) is 2. The Balaban J connectivity index is 1.51. The van der Waals surface area contributed by atoms with Gasteiger partial charge in [-0.2, -0.15) is 0 Å². The first-order valence-electron chi connectivity index (χ1n) is 16.8. The molecule has 0 saturated carbocycles. The highest BCUT2D eigenvalue weighted by Crippen LogP contribution is 2.65. The summed E-state index contributed by atoms with van der Waals surface area (Å²) in [5.74, 6) is -2.23. The van der Waals surface area contributed by atoms with Crippen LogP contribution >= 0.6 is 0 Å². The lowest BCUT2D eigenvalue weighted by molar-refractivity contribution is -0.149. The Morgan fingerprint density at radius 1 is 1.02 bits per heavy atom. The van der Waals surface area contributed by atoms with Gasteiger partial charge < -0.3 is 35.0 Å². The molecular weight excluding hydrogens is 584 g/mol. The maximum atomic E-state index is 14.6. The Morgan fingerprint density at radius 2 is 1.61 bits per heavy atom. The van der Waals surface area contributed by atoms with E-state index in [4.69, 9.17) is 9.47 Å². The van der Waals surface area contributed by atoms with Crippen molar-refractivity contribution in [2.75, 3.05) is 41.8 Å². The minimum Gasteiger partial charge on any atom is -0.494 e. The number of aliphatic hydroxyl groups is 1. The first-order chi connectivity index (χ1) is 22.0. The third-order valence-electron chi connectivity index (χ3n) is 10.8. The highest BCUT2D eigenvalue weighted by atomic mass is 16.5. The van der Waals surface area contributed by atoms with Crippen molar-refractivity contribution < 1.29 is 29.0 Å². The number of carbonyl (C=O) groups excluding carboxylic acids is 3. The van der Waals surface area contributed by atoms with E-state index in [1.165, 1.54) is 0 Å². The van der Waals surface area contributed by atoms with E-state index in [2.05, 4.69) is 29.4 Å². The second kappa shape index (κ2) is 13.2. The van der Waals surface area contributed by atoms with E-state index in [0.717, 1.165) is 18.8 Å². The van der Waals surface area contributed by atoms with E-state index in [1.54, 1.807) is 29.2 Å². The van der Waals surface area contributed by atoms with Crippen LogP contribution in [-0.4, -0.2) is 77.3 Å². The van der Waals surface area contributed by atoms with Crippen LogP contribution in [0.3, 0.4) is 0 Å². The minimum absolute atomic E-state index is 0.0887. The monoisotopic (exact) mass is 634 g/mol. The molecule has 3 saturated heterocycles. The number of hydrogen-bond donors (Lipinski definition) is 3. The number of hydrogen-bond acceptors (Lipinski definition) is 7. The highest BCUT2D eigenvalue weighted by molar-refractivity contribution is 6.05. The fourth-order valence-electron chi connectivity index (χ4n) is 8.12. The van der Waals surface area contributed by atoms with Gasteiger partial charge in [0.25, 0.3) is 0 Å². The molecule has 0 aromatic heterocycles. The van der Waals surface area contributed by atoms with E-state index in [1.807, 2.05) is 58.9 Å². The number of anilines is 3. The average Bonchev–Trinajstić information content (AvgIpc) is 3.56. The van der Waals surface area contributed by atoms with Crippen molar-refractivity contribution in [3.63, 3.8) is 0 Å². The molecule has 3 aliphatic rings. The summed E-state index contributed by atoms with van der Waals surface area (Å²) in [6.45, 7) is 15.9. The van der Waals surface area contributed by atoms with E-state index >= 15 is 0 Å². The van der Waals surface area contributed by atoms with Crippen molar-refractivity contribution in [2.45, 2.75) is 84.6 Å². The van der Waals surface area contributed by atoms with Crippen LogP contribution in [0.4, 0.5) is 17.1 Å². The smallest absolute Gasteiger partial charge is 0.250 e. The van der Waals surface area contributed by atoms with Crippen LogP contribution in [0.25, 0.3) is 0 Å². The molecule has 10 nitrogen and oxygen atoms in total. The molecular formula is C36H50N4O6. The van der Waals surface area contributed by atoms with Crippen molar-refractivity contribution in [2.24, 2.45) is 23.7 Å². The van der Waals surface area contributed by atoms with Crippen LogP contribution in [0.1, 0.15) is 61.3 Å². The van der Waals surface area contributed by atoms with E-state index in [0.29, 0.717) is 36.6 Å². The number of rotatable bonds is 13. The molecule has 3 amide bonds. The van der Waals surface area contributed by atoms with Gasteiger partial charge in [-0.05, 0) is 94.5 Å². The highest BCUT2D eigenvalue weighted by Gasteiger charge is 2.80. The average molecular weight is 635 g/mol. The molecule has 3 heterocycles. The number of likely N-dealkylation sites (tertiary alicyclic amines) is 1. The van der Waals surface area contributed by atoms with E-state index in [-0.39, 0.29) is 36.2 Å². The third-order valence-corrected chi connectivity index (χ3v) is 10.8. The lowest BCUT2D eigenvalue weighted by Crippen LogP contribution is -2.57. The first kappa shape index (κ1) is 33.7. The van der Waals surface area contributed by atoms with Gasteiger partial charge in [-0.3, -0.25) is 14.4 Å². The van der Waals surface area contributed by atoms with Gasteiger partial charge in [0.2, 0.25) is 17.7 Å². The Labute approximate surface area is 272 Å². The van der Waals surface area contributed by atoms with Crippen molar-refractivity contribution in [1.82, 2.24) is 4.90 Å². The standard InChI is InChI=1S/C36H50N4O6/c1-8-22(5)28(21-41)40-31(33(43)38-24-12-16-26(17-13-24)39(9-2)10-3)36-20-23(6)35(7,46-36)29(30(36)34(40)44)32(42)37-25-14-18-27(19-15-25)45-11-4/h12-19,22-23,28-31,41H,8-11,20-21H2,1-7H3,(H,37,42)(H,38,43)/t22-,23?,28-,29+,30-,31?,35-,36?/m0/s1. The zero-order chi connectivity index (χ0) is 33.4. The van der Waals surface area contributed by atoms with Crippen LogP contribution in [-0.2, 0) is 19.1 Å². The third kappa shape index (κ3) is 5.53. The predicted molar refractivity (Wildman–Crippen MR) is 179 cm³/mol. The molecule has 3 aliphatic heterocycles. The number of carbonyl (C=O) groups is 3. The van der Waals surface area contributed by atoms with Gasteiger partial charge in [0.1, 0.15) is 17.4 Å². The Kier molecular flexibility index (Phi) is 9.70. The molecule has 3 unspecified atom stereocenters. The Morgan fingerprint density at radius 3 is 2.15 bits per heavy atom. The van der Waals surface area contributed by atoms with Gasteiger partial charge in [0, 0.05) is 30.2 Å². The fourth-order valence-corrected chi connectivity index (χ4v) is 8.12. The van der Waals surface area contributed by atoms with Crippen molar-refractivity contribution in [1.29, 1.82) is 0 Å². The Bertz CT molecular complexity index is 1410. The predicted octanol–water partition coefficient (Wildman–Crippen LogP) is 4.93. The maximum Gasteiger partial charge on any atom is 0.250 e. The molecule has 3 N–H and O–H groups in total. The van der Waals surface area contributed by atoms with Gasteiger partial charge in [-0.1, -0.05) is 27.2 Å². The number of fused-ring (bicyclic) bond motifs is 1. The van der Waals surface area contributed by atoms with Crippen LogP contribution < -0.4 is 20.3 Å². The summed E-state index contributed by atoms with van der Waals surface area (Å²) >= 11 is 0. The van der Waals surface area contributed by atoms with Crippen molar-refractivity contribution in [3.8, 4) is 5.75 Å². The molecule has 1 spiro atoms. The van der Waals surface area contributed by atoms with Crippen LogP contribution in [0.5, 0.6) is 5.75 Å². The quantitative estimate of drug-likeness (QED) is 0.286. The summed E-state index contributed by atoms with van der Waals surface area (Å²) in [6.07, 6.45) is 1.14. The number of amides is 3. The second-order valence-electron chi connectivity index (χ2n) is 13.2. The summed E-state index contributed by atoms with van der Waals surface area (Å²) < 4.78 is 12.4. The number of nitrogens with zero attached hydrogens (tertiary/aromatic N) is 2. The molecule has 46 heavy (non-hydrogen) atoms. The first-order valence-corrected chi connectivity index (χ1v) is 16.8. The van der Waals surface area contributed by atoms with E-state index < -0.39 is 35.1 Å². The molecule has 0 radical (unpaired) electrons. The lowest BCUT2D eigenvalue weighted by Gasteiger charge is -2.39. The largest absolute Gasteiger partial charge is 0.494 e. The summed E-state index contributed by atoms with van der Waals surface area (Å²) in [5, 5.41) is 16.7. The molecule has 8 atom stereocenters. The summed E-state index contributed by atoms with van der Waals surface area (Å²) in [7, 11) is 0. The molecule has 250 valence electrons. The van der Waals surface area contributed by atoms with Gasteiger partial charge in [-0.15, -0.1) is 0 Å². The number of nitrogens with one attached hydrogen (secondary N) is 2. The SMILES string of the molecule is CCOc1ccc(NC(=O)[C@H]2[C@H]3C(=O)N([C@@H](CO)[C@@H](C)CC)C(C(=O)Nc4ccc(N(CC)CC)cc4)C34CC(C)[C@]2(C)O4)cc1. The van der Waals surface area contributed by atoms with E-state index in [9.17, 15) is 19.5 Å². The van der Waals surface area contributed by atoms with Crippen molar-refractivity contribution in [3.05, 3.63) is 48.5 Å². The summed E-state index contributed by atoms with van der Waals surface area (Å²) in [5.41, 5.74) is 0.0555. The van der Waals surface area contributed by atoms with Gasteiger partial charge in [0.15, 0.2) is 0 Å². The van der Waals surface area contributed by atoms with Crippen LogP contribution in [0.15, 0.2) is 48.5 Å². The summed E-state index contributed by atoms with van der Waals surface area (Å²) in [6, 6.07) is 13.2. The van der Waals surface area contributed by atoms with Gasteiger partial charge in [0.05, 0.1) is 36.7 Å². The number of benzene rings is 2. The van der Waals surface area contributed by atoms with Crippen LogP contribution in [0.2, 0.25) is 0 Å². The topological polar surface area (TPSA) is 120 Å². The molecule has 5 rings (SSSR count). The normalized spacial score (nSPS) is 29.3. The minimum atomic E-state index is -1.22. The second-order valence-corrected chi connectivity index (χ2v) is 13.2. The molecule has 10 heteroatoms. The zero-order valence-electron chi connectivity index (χ0n) is 28.2. The number of aliphatic hydroxyl groups excluding tert-OH is 1. The molecule has 0 aliphatic carbocycles. The van der Waals surface area contributed by atoms with Gasteiger partial charge >= 0.3 is 0 Å². The Hall–Kier alpha value is -3.63. The maximum absolute atomic E-state index is 14.6. The fraction of sp³-hybridized carbons (Fsp3) is 0.583. The van der Waals surface area contributed by atoms with Crippen molar-refractivity contribution >= 4 is 34.8 Å². The molecule has 2 aromatic carbocycles. The van der Waals surface area contributed by atoms with Gasteiger partial charge in [-0.25, -0.2) is 0 Å². The molecule has 2 aromatic rings. The molecule has 3 fully saturated rings. The zero-order valence-corrected chi connectivity index (χ0v) is 28.2. The molecule has 2 bridgehead atoms. The van der Waals surface area contributed by atoms with Crippen LogP contribution in [0, 0.1) is 23.7 Å².